The van der Waals surface area contributed by atoms with Crippen LogP contribution in [0.15, 0.2) is 58.5 Å². The summed E-state index contributed by atoms with van der Waals surface area (Å²) < 4.78 is 0. The molecule has 0 radical (unpaired) electrons. The van der Waals surface area contributed by atoms with Gasteiger partial charge < -0.3 is 5.32 Å². The fraction of sp³-hybridized carbons (Fsp3) is 0.300. The highest BCUT2D eigenvalue weighted by Crippen LogP contribution is 2.21. The first kappa shape index (κ1) is 17.5. The van der Waals surface area contributed by atoms with E-state index in [2.05, 4.69) is 40.9 Å². The molecule has 1 unspecified atom stereocenters. The maximum absolute atomic E-state index is 12.5. The third kappa shape index (κ3) is 4.23. The van der Waals surface area contributed by atoms with Crippen molar-refractivity contribution in [1.82, 2.24) is 5.32 Å². The molecule has 0 saturated carbocycles. The summed E-state index contributed by atoms with van der Waals surface area (Å²) in [5, 5.41) is 9.52. The lowest BCUT2D eigenvalue weighted by molar-refractivity contribution is 0.0940. The average Bonchev–Trinajstić information content (AvgIpc) is 3.08. The van der Waals surface area contributed by atoms with Gasteiger partial charge in [-0.1, -0.05) is 12.1 Å². The van der Waals surface area contributed by atoms with Gasteiger partial charge in [0.25, 0.3) is 5.91 Å². The van der Waals surface area contributed by atoms with Crippen molar-refractivity contribution in [3.63, 3.8) is 0 Å². The van der Waals surface area contributed by atoms with E-state index in [0.29, 0.717) is 5.56 Å². The van der Waals surface area contributed by atoms with Crippen LogP contribution in [0.5, 0.6) is 0 Å². The smallest absolute Gasteiger partial charge is 0.251 e. The van der Waals surface area contributed by atoms with Crippen molar-refractivity contribution in [3.05, 3.63) is 59.7 Å². The second-order valence-corrected chi connectivity index (χ2v) is 7.10. The Kier molecular flexibility index (Phi) is 5.43. The maximum Gasteiger partial charge on any atom is 0.251 e. The Morgan fingerprint density at radius 1 is 1.16 bits per heavy atom. The molecule has 0 fully saturated rings. The van der Waals surface area contributed by atoms with Crippen molar-refractivity contribution in [2.24, 2.45) is 5.10 Å². The number of hydrazone groups is 1. The summed E-state index contributed by atoms with van der Waals surface area (Å²) in [6, 6.07) is 15.9. The van der Waals surface area contributed by atoms with Crippen LogP contribution in [0.25, 0.3) is 0 Å². The lowest BCUT2D eigenvalue weighted by Gasteiger charge is -2.16. The highest BCUT2D eigenvalue weighted by molar-refractivity contribution is 7.98. The quantitative estimate of drug-likeness (QED) is 0.806. The summed E-state index contributed by atoms with van der Waals surface area (Å²) in [5.74, 6) is -0.0610. The molecule has 0 aliphatic carbocycles. The van der Waals surface area contributed by atoms with Crippen LogP contribution in [0.4, 0.5) is 5.69 Å². The molecule has 1 heterocycles. The number of rotatable bonds is 5. The highest BCUT2D eigenvalue weighted by Gasteiger charge is 2.15. The minimum Gasteiger partial charge on any atom is -0.346 e. The van der Waals surface area contributed by atoms with Crippen LogP contribution in [-0.4, -0.2) is 24.4 Å². The molecule has 1 amide bonds. The fourth-order valence-corrected chi connectivity index (χ4v) is 3.21. The molecule has 0 saturated heterocycles. The van der Waals surface area contributed by atoms with Gasteiger partial charge >= 0.3 is 0 Å². The summed E-state index contributed by atoms with van der Waals surface area (Å²) >= 11 is 1.71. The minimum absolute atomic E-state index is 0.0334. The van der Waals surface area contributed by atoms with E-state index in [4.69, 9.17) is 0 Å². The Bertz CT molecular complexity index is 769. The number of anilines is 1. The van der Waals surface area contributed by atoms with Gasteiger partial charge in [0.05, 0.1) is 11.7 Å². The van der Waals surface area contributed by atoms with Crippen LogP contribution in [0.1, 0.15) is 42.2 Å². The number of benzene rings is 2. The van der Waals surface area contributed by atoms with Gasteiger partial charge in [0.2, 0.25) is 0 Å². The second-order valence-electron chi connectivity index (χ2n) is 6.22. The third-order valence-corrected chi connectivity index (χ3v) is 5.11. The first-order chi connectivity index (χ1) is 12.1. The van der Waals surface area contributed by atoms with E-state index < -0.39 is 0 Å². The van der Waals surface area contributed by atoms with Crippen LogP contribution in [-0.2, 0) is 0 Å². The van der Waals surface area contributed by atoms with Gasteiger partial charge in [0.15, 0.2) is 0 Å². The van der Waals surface area contributed by atoms with Gasteiger partial charge in [-0.2, -0.15) is 5.10 Å². The average molecular weight is 353 g/mol. The number of hydrogen-bond acceptors (Lipinski definition) is 4. The van der Waals surface area contributed by atoms with Crippen LogP contribution >= 0.6 is 11.8 Å². The topological polar surface area (TPSA) is 44.7 Å². The maximum atomic E-state index is 12.5. The Hall–Kier alpha value is -2.27. The lowest BCUT2D eigenvalue weighted by atomic mass is 10.1. The van der Waals surface area contributed by atoms with Crippen LogP contribution in [0.2, 0.25) is 0 Å². The third-order valence-electron chi connectivity index (χ3n) is 4.37. The Morgan fingerprint density at radius 2 is 1.84 bits per heavy atom. The molecule has 0 bridgehead atoms. The van der Waals surface area contributed by atoms with Gasteiger partial charge in [-0.3, -0.25) is 9.80 Å². The number of nitrogens with zero attached hydrogens (tertiary/aromatic N) is 2. The summed E-state index contributed by atoms with van der Waals surface area (Å²) in [6.45, 7) is 4.94. The summed E-state index contributed by atoms with van der Waals surface area (Å²) in [7, 11) is 0. The zero-order valence-corrected chi connectivity index (χ0v) is 15.6. The Balaban J connectivity index is 1.64. The number of nitrogens with one attached hydrogen (secondary N) is 1. The number of amides is 1. The molecule has 3 rings (SSSR count). The fourth-order valence-electron chi connectivity index (χ4n) is 2.80. The molecule has 25 heavy (non-hydrogen) atoms. The van der Waals surface area contributed by atoms with Gasteiger partial charge in [-0.15, -0.1) is 11.8 Å². The molecule has 1 atom stereocenters. The van der Waals surface area contributed by atoms with Crippen molar-refractivity contribution >= 4 is 29.1 Å². The minimum atomic E-state index is -0.0610. The molecule has 0 aromatic heterocycles. The molecule has 4 nitrogen and oxygen atoms in total. The normalized spacial score (nSPS) is 15.0. The van der Waals surface area contributed by atoms with E-state index in [1.54, 1.807) is 11.8 Å². The zero-order valence-electron chi connectivity index (χ0n) is 14.8. The van der Waals surface area contributed by atoms with E-state index in [1.165, 1.54) is 4.90 Å². The largest absolute Gasteiger partial charge is 0.346 e. The highest BCUT2D eigenvalue weighted by atomic mass is 32.2. The predicted octanol–water partition coefficient (Wildman–Crippen LogP) is 4.49. The van der Waals surface area contributed by atoms with Gasteiger partial charge in [0, 0.05) is 29.1 Å². The molecule has 1 N–H and O–H groups in total. The van der Waals surface area contributed by atoms with E-state index >= 15 is 0 Å². The Labute approximate surface area is 153 Å². The first-order valence-corrected chi connectivity index (χ1v) is 9.66. The molecule has 0 spiro atoms. The molecular formula is C20H23N3OS. The number of thioether (sulfide) groups is 1. The Morgan fingerprint density at radius 3 is 2.40 bits per heavy atom. The van der Waals surface area contributed by atoms with Crippen molar-refractivity contribution in [2.45, 2.75) is 31.2 Å². The van der Waals surface area contributed by atoms with Crippen molar-refractivity contribution < 1.29 is 4.79 Å². The molecule has 2 aromatic rings. The second kappa shape index (κ2) is 7.74. The first-order valence-electron chi connectivity index (χ1n) is 8.43. The van der Waals surface area contributed by atoms with Crippen LogP contribution < -0.4 is 10.3 Å². The molecule has 1 aliphatic rings. The number of hydrogen-bond donors (Lipinski definition) is 1. The summed E-state index contributed by atoms with van der Waals surface area (Å²) in [6.07, 6.45) is 3.05. The molecule has 1 aliphatic heterocycles. The van der Waals surface area contributed by atoms with Gasteiger partial charge in [-0.05, 0) is 62.1 Å². The summed E-state index contributed by atoms with van der Waals surface area (Å²) in [5.41, 5.74) is 3.93. The number of carbonyl (C=O) groups excluding carboxylic acids is 1. The van der Waals surface area contributed by atoms with Crippen LogP contribution in [0.3, 0.4) is 0 Å². The van der Waals surface area contributed by atoms with E-state index in [9.17, 15) is 4.79 Å². The van der Waals surface area contributed by atoms with E-state index in [0.717, 1.165) is 29.9 Å². The standard InChI is InChI=1S/C20H23N3OS/c1-14-12-13-23(22-14)18-8-4-17(5-9-18)20(24)21-15(2)16-6-10-19(25-3)11-7-16/h4-11,15H,12-13H2,1-3H3,(H,21,24). The molecule has 130 valence electrons. The van der Waals surface area contributed by atoms with Crippen molar-refractivity contribution in [1.29, 1.82) is 0 Å². The van der Waals surface area contributed by atoms with Gasteiger partial charge in [0.1, 0.15) is 0 Å². The van der Waals surface area contributed by atoms with E-state index in [1.807, 2.05) is 43.1 Å². The monoisotopic (exact) mass is 353 g/mol. The molecular weight excluding hydrogens is 330 g/mol. The molecule has 5 heteroatoms. The predicted molar refractivity (Wildman–Crippen MR) is 106 cm³/mol. The van der Waals surface area contributed by atoms with Crippen molar-refractivity contribution in [3.8, 4) is 0 Å². The lowest BCUT2D eigenvalue weighted by Crippen LogP contribution is -2.26. The SMILES string of the molecule is CSc1ccc(C(C)NC(=O)c2ccc(N3CCC(C)=N3)cc2)cc1. The molecule has 2 aromatic carbocycles. The summed E-state index contributed by atoms with van der Waals surface area (Å²) in [4.78, 5) is 13.7. The van der Waals surface area contributed by atoms with Crippen LogP contribution in [0, 0.1) is 0 Å². The number of carbonyl (C=O) groups is 1. The van der Waals surface area contributed by atoms with Crippen molar-refractivity contribution in [2.75, 3.05) is 17.8 Å². The van der Waals surface area contributed by atoms with Gasteiger partial charge in [-0.25, -0.2) is 0 Å². The zero-order chi connectivity index (χ0) is 17.8. The van der Waals surface area contributed by atoms with E-state index in [-0.39, 0.29) is 11.9 Å².